The van der Waals surface area contributed by atoms with Gasteiger partial charge in [0, 0.05) is 14.9 Å². The van der Waals surface area contributed by atoms with Crippen LogP contribution in [0.15, 0.2) is 65.1 Å². The smallest absolute Gasteiger partial charge is 0.238 e. The topological polar surface area (TPSA) is 72.2 Å². The van der Waals surface area contributed by atoms with Crippen molar-refractivity contribution >= 4 is 39.0 Å². The summed E-state index contributed by atoms with van der Waals surface area (Å²) in [5.41, 5.74) is 4.52. The Kier molecular flexibility index (Phi) is 5.43. The van der Waals surface area contributed by atoms with E-state index in [-0.39, 0.29) is 18.1 Å². The predicted octanol–water partition coefficient (Wildman–Crippen LogP) is 3.94. The molecule has 1 aromatic heterocycles. The lowest BCUT2D eigenvalue weighted by Crippen LogP contribution is -2.31. The van der Waals surface area contributed by atoms with Crippen molar-refractivity contribution in [2.45, 2.75) is 6.42 Å². The number of nitrogens with two attached hydrogens (primary N) is 1. The van der Waals surface area contributed by atoms with E-state index in [1.807, 2.05) is 42.5 Å². The van der Waals surface area contributed by atoms with Gasteiger partial charge in [-0.05, 0) is 41.5 Å². The number of carbonyl (C=O) groups is 2. The largest absolute Gasteiger partial charge is 0.294 e. The van der Waals surface area contributed by atoms with Crippen LogP contribution in [0.25, 0.3) is 10.4 Å². The van der Waals surface area contributed by atoms with Gasteiger partial charge in [-0.1, -0.05) is 46.3 Å². The number of nitrogens with one attached hydrogen (secondary N) is 1. The first-order valence-electron chi connectivity index (χ1n) is 7.56. The molecule has 0 spiro atoms. The molecule has 1 heterocycles. The third kappa shape index (κ3) is 4.04. The maximum absolute atomic E-state index is 12.8. The third-order valence-corrected chi connectivity index (χ3v) is 5.44. The molecule has 0 aliphatic rings. The summed E-state index contributed by atoms with van der Waals surface area (Å²) in [5.74, 6) is 4.86. The number of hydrogen-bond acceptors (Lipinski definition) is 4. The van der Waals surface area contributed by atoms with E-state index in [4.69, 9.17) is 5.84 Å². The van der Waals surface area contributed by atoms with E-state index in [2.05, 4.69) is 21.4 Å². The van der Waals surface area contributed by atoms with Crippen molar-refractivity contribution in [2.24, 2.45) is 5.84 Å². The van der Waals surface area contributed by atoms with Gasteiger partial charge in [-0.15, -0.1) is 11.3 Å². The van der Waals surface area contributed by atoms with Crippen molar-refractivity contribution in [1.82, 2.24) is 5.43 Å². The Hall–Kier alpha value is -2.28. The van der Waals surface area contributed by atoms with E-state index in [0.29, 0.717) is 10.4 Å². The normalized spacial score (nSPS) is 10.5. The maximum atomic E-state index is 12.8. The molecule has 126 valence electrons. The minimum absolute atomic E-state index is 0.0610. The predicted molar refractivity (Wildman–Crippen MR) is 103 cm³/mol. The summed E-state index contributed by atoms with van der Waals surface area (Å²) in [7, 11) is 0. The van der Waals surface area contributed by atoms with Crippen LogP contribution in [0.1, 0.15) is 20.8 Å². The van der Waals surface area contributed by atoms with Gasteiger partial charge in [-0.3, -0.25) is 15.0 Å². The van der Waals surface area contributed by atoms with Crippen LogP contribution in [0.5, 0.6) is 0 Å². The quantitative estimate of drug-likeness (QED) is 0.287. The molecule has 0 fully saturated rings. The summed E-state index contributed by atoms with van der Waals surface area (Å²) < 4.78 is 0.917. The van der Waals surface area contributed by atoms with Crippen molar-refractivity contribution in [2.75, 3.05) is 0 Å². The summed E-state index contributed by atoms with van der Waals surface area (Å²) in [6, 6.07) is 18.7. The van der Waals surface area contributed by atoms with E-state index >= 15 is 0 Å². The molecule has 2 aromatic carbocycles. The molecule has 3 N–H and O–H groups in total. The van der Waals surface area contributed by atoms with Gasteiger partial charge in [0.05, 0.1) is 11.3 Å². The highest BCUT2D eigenvalue weighted by atomic mass is 79.9. The highest BCUT2D eigenvalue weighted by Crippen LogP contribution is 2.34. The fraction of sp³-hybridized carbons (Fsp3) is 0.0526. The summed E-state index contributed by atoms with van der Waals surface area (Å²) in [6.07, 6.45) is 0.130. The SMILES string of the molecule is NNC(=O)Cc1cc(C(=O)c2ccc(Br)cc2)sc1-c1ccccc1. The number of halogens is 1. The van der Waals surface area contributed by atoms with E-state index in [0.717, 1.165) is 20.5 Å². The van der Waals surface area contributed by atoms with Gasteiger partial charge in [-0.2, -0.15) is 0 Å². The van der Waals surface area contributed by atoms with Crippen molar-refractivity contribution in [3.05, 3.63) is 81.1 Å². The molecule has 0 saturated heterocycles. The highest BCUT2D eigenvalue weighted by molar-refractivity contribution is 9.10. The first kappa shape index (κ1) is 17.5. The van der Waals surface area contributed by atoms with Crippen LogP contribution < -0.4 is 11.3 Å². The molecule has 0 atom stereocenters. The molecule has 3 rings (SSSR count). The third-order valence-electron chi connectivity index (χ3n) is 3.69. The Labute approximate surface area is 157 Å². The second-order valence-corrected chi connectivity index (χ2v) is 7.38. The lowest BCUT2D eigenvalue weighted by atomic mass is 10.0. The molecule has 4 nitrogen and oxygen atoms in total. The van der Waals surface area contributed by atoms with Crippen LogP contribution in [0.3, 0.4) is 0 Å². The lowest BCUT2D eigenvalue weighted by Gasteiger charge is -2.02. The molecule has 1 amide bonds. The second kappa shape index (κ2) is 7.74. The van der Waals surface area contributed by atoms with Crippen LogP contribution in [0, 0.1) is 0 Å². The summed E-state index contributed by atoms with van der Waals surface area (Å²) in [6.45, 7) is 0. The number of rotatable bonds is 5. The Morgan fingerprint density at radius 2 is 1.72 bits per heavy atom. The van der Waals surface area contributed by atoms with Gasteiger partial charge in [0.25, 0.3) is 0 Å². The number of benzene rings is 2. The molecule has 0 aliphatic carbocycles. The monoisotopic (exact) mass is 414 g/mol. The second-order valence-electron chi connectivity index (χ2n) is 5.41. The Morgan fingerprint density at radius 1 is 1.04 bits per heavy atom. The molecule has 0 aliphatic heterocycles. The van der Waals surface area contributed by atoms with Crippen LogP contribution in [0.2, 0.25) is 0 Å². The number of hydrogen-bond donors (Lipinski definition) is 2. The van der Waals surface area contributed by atoms with E-state index in [9.17, 15) is 9.59 Å². The molecular weight excluding hydrogens is 400 g/mol. The Balaban J connectivity index is 2.02. The number of ketones is 1. The molecule has 0 bridgehead atoms. The highest BCUT2D eigenvalue weighted by Gasteiger charge is 2.18. The van der Waals surface area contributed by atoms with Gasteiger partial charge < -0.3 is 0 Å². The van der Waals surface area contributed by atoms with Crippen molar-refractivity contribution in [3.8, 4) is 10.4 Å². The van der Waals surface area contributed by atoms with Crippen molar-refractivity contribution in [3.63, 3.8) is 0 Å². The molecule has 0 radical (unpaired) electrons. The van der Waals surface area contributed by atoms with Crippen LogP contribution >= 0.6 is 27.3 Å². The van der Waals surface area contributed by atoms with Crippen LogP contribution in [-0.4, -0.2) is 11.7 Å². The van der Waals surface area contributed by atoms with Gasteiger partial charge in [0.2, 0.25) is 11.7 Å². The summed E-state index contributed by atoms with van der Waals surface area (Å²) >= 11 is 4.76. The van der Waals surface area contributed by atoms with Crippen molar-refractivity contribution in [1.29, 1.82) is 0 Å². The average molecular weight is 415 g/mol. The minimum atomic E-state index is -0.294. The number of thiophene rings is 1. The zero-order valence-corrected chi connectivity index (χ0v) is 15.6. The number of amides is 1. The minimum Gasteiger partial charge on any atom is -0.294 e. The van der Waals surface area contributed by atoms with Gasteiger partial charge >= 0.3 is 0 Å². The van der Waals surface area contributed by atoms with Gasteiger partial charge in [0.15, 0.2) is 0 Å². The first-order chi connectivity index (χ1) is 12.1. The number of hydrazine groups is 1. The van der Waals surface area contributed by atoms with E-state index < -0.39 is 0 Å². The Morgan fingerprint density at radius 3 is 2.36 bits per heavy atom. The van der Waals surface area contributed by atoms with Crippen LogP contribution in [-0.2, 0) is 11.2 Å². The zero-order chi connectivity index (χ0) is 17.8. The maximum Gasteiger partial charge on any atom is 0.238 e. The lowest BCUT2D eigenvalue weighted by molar-refractivity contribution is -0.120. The fourth-order valence-electron chi connectivity index (χ4n) is 2.47. The van der Waals surface area contributed by atoms with E-state index in [1.54, 1.807) is 18.2 Å². The number of carbonyl (C=O) groups excluding carboxylic acids is 2. The fourth-order valence-corrected chi connectivity index (χ4v) is 3.89. The molecular formula is C19H15BrN2O2S. The van der Waals surface area contributed by atoms with Gasteiger partial charge in [0.1, 0.15) is 0 Å². The standard InChI is InChI=1S/C19H15BrN2O2S/c20-15-8-6-12(7-9-15)18(24)16-10-14(11-17(23)22-21)19(25-16)13-4-2-1-3-5-13/h1-10H,11,21H2,(H,22,23). The summed E-state index contributed by atoms with van der Waals surface area (Å²) in [5, 5.41) is 0. The average Bonchev–Trinajstić information content (AvgIpc) is 3.06. The van der Waals surface area contributed by atoms with Crippen LogP contribution in [0.4, 0.5) is 0 Å². The van der Waals surface area contributed by atoms with Crippen molar-refractivity contribution < 1.29 is 9.59 Å². The van der Waals surface area contributed by atoms with Gasteiger partial charge in [-0.25, -0.2) is 5.84 Å². The summed E-state index contributed by atoms with van der Waals surface area (Å²) in [4.78, 5) is 26.0. The molecule has 0 saturated carbocycles. The zero-order valence-electron chi connectivity index (χ0n) is 13.2. The molecule has 6 heteroatoms. The Bertz CT molecular complexity index is 905. The molecule has 0 unspecified atom stereocenters. The van der Waals surface area contributed by atoms with E-state index in [1.165, 1.54) is 11.3 Å². The first-order valence-corrected chi connectivity index (χ1v) is 9.17. The molecule has 3 aromatic rings. The molecule has 25 heavy (non-hydrogen) atoms.